The molecule has 10 heteroatoms. The molecule has 1 aromatic heterocycles. The highest BCUT2D eigenvalue weighted by atomic mass is 79.9. The number of rotatable bonds is 3. The summed E-state index contributed by atoms with van der Waals surface area (Å²) in [6.07, 6.45) is -3.96. The normalized spacial score (nSPS) is 17.5. The van der Waals surface area contributed by atoms with Crippen molar-refractivity contribution >= 4 is 27.8 Å². The van der Waals surface area contributed by atoms with Gasteiger partial charge >= 0.3 is 12.1 Å². The van der Waals surface area contributed by atoms with Crippen molar-refractivity contribution in [3.63, 3.8) is 0 Å². The third-order valence-corrected chi connectivity index (χ3v) is 3.18. The van der Waals surface area contributed by atoms with Gasteiger partial charge < -0.3 is 20.2 Å². The standard InChI is InChI=1S/C10H13BrN2O2.C2HF3O2/c11-9-2-1-8(15-9)10(14)13-6-7-3-4-12-5-7;3-2(4,5)1(6)7/h1-2,7,12H,3-6H2,(H,13,14);(H,6,7)/t7-;/m0./s1. The molecule has 1 amide bonds. The summed E-state index contributed by atoms with van der Waals surface area (Å²) >= 11 is 3.16. The third-order valence-electron chi connectivity index (χ3n) is 2.75. The number of amides is 1. The van der Waals surface area contributed by atoms with Crippen LogP contribution in [0.15, 0.2) is 21.2 Å². The monoisotopic (exact) mass is 386 g/mol. The Labute approximate surface area is 132 Å². The van der Waals surface area contributed by atoms with Crippen molar-refractivity contribution in [2.45, 2.75) is 12.6 Å². The number of carboxylic acid groups (broad SMARTS) is 1. The first-order chi connectivity index (χ1) is 10.2. The summed E-state index contributed by atoms with van der Waals surface area (Å²) in [6.45, 7) is 2.75. The number of furan rings is 1. The Morgan fingerprint density at radius 3 is 2.50 bits per heavy atom. The quantitative estimate of drug-likeness (QED) is 0.738. The molecule has 0 aromatic carbocycles. The second-order valence-electron chi connectivity index (χ2n) is 4.48. The summed E-state index contributed by atoms with van der Waals surface area (Å²) in [5, 5.41) is 13.2. The Balaban J connectivity index is 0.000000295. The first-order valence-corrected chi connectivity index (χ1v) is 7.04. The van der Waals surface area contributed by atoms with Crippen molar-refractivity contribution in [1.29, 1.82) is 0 Å². The van der Waals surface area contributed by atoms with Crippen LogP contribution in [-0.2, 0) is 4.79 Å². The van der Waals surface area contributed by atoms with E-state index in [2.05, 4.69) is 26.6 Å². The van der Waals surface area contributed by atoms with Crippen LogP contribution in [0.2, 0.25) is 0 Å². The molecule has 6 nitrogen and oxygen atoms in total. The van der Waals surface area contributed by atoms with Crippen LogP contribution in [-0.4, -0.2) is 42.8 Å². The van der Waals surface area contributed by atoms with Crippen LogP contribution in [0.1, 0.15) is 17.0 Å². The Hall–Kier alpha value is -1.55. The zero-order valence-corrected chi connectivity index (χ0v) is 12.8. The number of aliphatic carboxylic acids is 1. The molecule has 0 spiro atoms. The molecule has 2 heterocycles. The molecule has 1 aromatic rings. The molecule has 1 saturated heterocycles. The second-order valence-corrected chi connectivity index (χ2v) is 5.26. The van der Waals surface area contributed by atoms with Crippen molar-refractivity contribution in [3.05, 3.63) is 22.6 Å². The molecule has 0 bridgehead atoms. The molecule has 3 N–H and O–H groups in total. The molecule has 22 heavy (non-hydrogen) atoms. The lowest BCUT2D eigenvalue weighted by Gasteiger charge is -2.08. The van der Waals surface area contributed by atoms with Crippen molar-refractivity contribution in [3.8, 4) is 0 Å². The maximum atomic E-state index is 11.6. The molecule has 0 aliphatic carbocycles. The van der Waals surface area contributed by atoms with Crippen LogP contribution in [0.3, 0.4) is 0 Å². The highest BCUT2D eigenvalue weighted by Gasteiger charge is 2.38. The Morgan fingerprint density at radius 1 is 1.45 bits per heavy atom. The van der Waals surface area contributed by atoms with Gasteiger partial charge in [0.15, 0.2) is 10.4 Å². The van der Waals surface area contributed by atoms with Gasteiger partial charge in [0, 0.05) is 6.54 Å². The minimum absolute atomic E-state index is 0.146. The third kappa shape index (κ3) is 6.48. The Bertz CT molecular complexity index is 513. The van der Waals surface area contributed by atoms with E-state index in [1.54, 1.807) is 12.1 Å². The van der Waals surface area contributed by atoms with Gasteiger partial charge in [-0.2, -0.15) is 13.2 Å². The minimum Gasteiger partial charge on any atom is -0.475 e. The van der Waals surface area contributed by atoms with Gasteiger partial charge in [-0.1, -0.05) is 0 Å². The van der Waals surface area contributed by atoms with E-state index < -0.39 is 12.1 Å². The van der Waals surface area contributed by atoms with Crippen molar-refractivity contribution in [2.75, 3.05) is 19.6 Å². The van der Waals surface area contributed by atoms with E-state index in [-0.39, 0.29) is 5.91 Å². The predicted molar refractivity (Wildman–Crippen MR) is 73.4 cm³/mol. The first-order valence-electron chi connectivity index (χ1n) is 6.24. The van der Waals surface area contributed by atoms with Crippen LogP contribution >= 0.6 is 15.9 Å². The highest BCUT2D eigenvalue weighted by molar-refractivity contribution is 9.10. The number of carboxylic acids is 1. The fourth-order valence-corrected chi connectivity index (χ4v) is 1.96. The summed E-state index contributed by atoms with van der Waals surface area (Å²) in [6, 6.07) is 3.37. The number of nitrogens with one attached hydrogen (secondary N) is 2. The summed E-state index contributed by atoms with van der Waals surface area (Å²) < 4.78 is 37.5. The number of hydrogen-bond donors (Lipinski definition) is 3. The molecular formula is C12H14BrF3N2O4. The van der Waals surface area contributed by atoms with Gasteiger partial charge in [-0.05, 0) is 53.5 Å². The molecular weight excluding hydrogens is 373 g/mol. The van der Waals surface area contributed by atoms with Gasteiger partial charge in [-0.15, -0.1) is 0 Å². The first kappa shape index (κ1) is 18.5. The van der Waals surface area contributed by atoms with Crippen molar-refractivity contribution < 1.29 is 32.3 Å². The fraction of sp³-hybridized carbons (Fsp3) is 0.500. The molecule has 0 unspecified atom stereocenters. The summed E-state index contributed by atoms with van der Waals surface area (Å²) in [5.41, 5.74) is 0. The van der Waals surface area contributed by atoms with Crippen LogP contribution in [0, 0.1) is 5.92 Å². The van der Waals surface area contributed by atoms with E-state index >= 15 is 0 Å². The summed E-state index contributed by atoms with van der Waals surface area (Å²) in [7, 11) is 0. The number of hydrogen-bond acceptors (Lipinski definition) is 4. The second kappa shape index (κ2) is 8.18. The van der Waals surface area contributed by atoms with Gasteiger partial charge in [-0.3, -0.25) is 4.79 Å². The average molecular weight is 387 g/mol. The van der Waals surface area contributed by atoms with Crippen molar-refractivity contribution in [1.82, 2.24) is 10.6 Å². The Kier molecular flexibility index (Phi) is 6.88. The van der Waals surface area contributed by atoms with Gasteiger partial charge in [-0.25, -0.2) is 4.79 Å². The molecule has 1 aliphatic rings. The maximum Gasteiger partial charge on any atom is 0.490 e. The molecule has 2 rings (SSSR count). The smallest absolute Gasteiger partial charge is 0.475 e. The number of carbonyl (C=O) groups is 2. The van der Waals surface area contributed by atoms with Gasteiger partial charge in [0.25, 0.3) is 5.91 Å². The largest absolute Gasteiger partial charge is 0.490 e. The van der Waals surface area contributed by atoms with E-state index in [1.165, 1.54) is 0 Å². The fourth-order valence-electron chi connectivity index (χ4n) is 1.65. The molecule has 1 aliphatic heterocycles. The van der Waals surface area contributed by atoms with Crippen LogP contribution in [0.5, 0.6) is 0 Å². The van der Waals surface area contributed by atoms with Crippen LogP contribution < -0.4 is 10.6 Å². The molecule has 124 valence electrons. The van der Waals surface area contributed by atoms with E-state index in [0.29, 0.717) is 22.9 Å². The van der Waals surface area contributed by atoms with Crippen LogP contribution in [0.25, 0.3) is 0 Å². The zero-order valence-electron chi connectivity index (χ0n) is 11.2. The molecule has 1 fully saturated rings. The summed E-state index contributed by atoms with van der Waals surface area (Å²) in [5.74, 6) is -2.00. The highest BCUT2D eigenvalue weighted by Crippen LogP contribution is 2.14. The number of halogens is 4. The topological polar surface area (TPSA) is 91.6 Å². The predicted octanol–water partition coefficient (Wildman–Crippen LogP) is 2.01. The van der Waals surface area contributed by atoms with Gasteiger partial charge in [0.2, 0.25) is 0 Å². The zero-order chi connectivity index (χ0) is 16.8. The van der Waals surface area contributed by atoms with E-state index in [1.807, 2.05) is 0 Å². The summed E-state index contributed by atoms with van der Waals surface area (Å²) in [4.78, 5) is 20.5. The van der Waals surface area contributed by atoms with Gasteiger partial charge in [0.1, 0.15) is 0 Å². The lowest BCUT2D eigenvalue weighted by molar-refractivity contribution is -0.192. The maximum absolute atomic E-state index is 11.6. The van der Waals surface area contributed by atoms with E-state index in [4.69, 9.17) is 14.3 Å². The van der Waals surface area contributed by atoms with E-state index in [9.17, 15) is 18.0 Å². The lowest BCUT2D eigenvalue weighted by Crippen LogP contribution is -2.29. The van der Waals surface area contributed by atoms with Crippen molar-refractivity contribution in [2.24, 2.45) is 5.92 Å². The number of carbonyl (C=O) groups excluding carboxylic acids is 1. The minimum atomic E-state index is -5.08. The van der Waals surface area contributed by atoms with Gasteiger partial charge in [0.05, 0.1) is 0 Å². The molecule has 0 saturated carbocycles. The molecule has 1 atom stereocenters. The SMILES string of the molecule is O=C(NC[C@H]1CCNC1)c1ccc(Br)o1.O=C(O)C(F)(F)F. The van der Waals surface area contributed by atoms with E-state index in [0.717, 1.165) is 19.5 Å². The number of alkyl halides is 3. The van der Waals surface area contributed by atoms with Crippen LogP contribution in [0.4, 0.5) is 13.2 Å². The average Bonchev–Trinajstić information content (AvgIpc) is 3.06. The molecule has 0 radical (unpaired) electrons. The lowest BCUT2D eigenvalue weighted by atomic mass is 10.1. The Morgan fingerprint density at radius 2 is 2.09 bits per heavy atom.